The lowest BCUT2D eigenvalue weighted by Gasteiger charge is -2.30. The molecule has 0 aliphatic carbocycles. The smallest absolute Gasteiger partial charge is 0.343 e. The maximum atomic E-state index is 14.2. The molecule has 2 atom stereocenters. The zero-order valence-corrected chi connectivity index (χ0v) is 14.2. The number of carbonyl (C=O) groups is 1. The highest BCUT2D eigenvalue weighted by Gasteiger charge is 2.31. The molecule has 1 aliphatic heterocycles. The Morgan fingerprint density at radius 3 is 2.87 bits per heavy atom. The summed E-state index contributed by atoms with van der Waals surface area (Å²) in [7, 11) is 0. The number of nitrogens with zero attached hydrogens (tertiary/aromatic N) is 1. The Balaban J connectivity index is 2.38. The van der Waals surface area contributed by atoms with Crippen LogP contribution in [0.2, 0.25) is 0 Å². The first kappa shape index (κ1) is 16.0. The van der Waals surface area contributed by atoms with Crippen LogP contribution in [-0.4, -0.2) is 23.5 Å². The van der Waals surface area contributed by atoms with Crippen LogP contribution in [0.4, 0.5) is 4.39 Å². The highest BCUT2D eigenvalue weighted by molar-refractivity contribution is 9.08. The second-order valence-corrected chi connectivity index (χ2v) is 5.85. The number of ether oxygens (including phenoxy) is 2. The van der Waals surface area contributed by atoms with Crippen LogP contribution in [0.15, 0.2) is 23.1 Å². The third-order valence-electron chi connectivity index (χ3n) is 3.92. The quantitative estimate of drug-likeness (QED) is 0.602. The van der Waals surface area contributed by atoms with Gasteiger partial charge in [-0.2, -0.15) is 4.39 Å². The lowest BCUT2D eigenvalue weighted by molar-refractivity contribution is 0.0158. The molecule has 0 saturated carbocycles. The van der Waals surface area contributed by atoms with E-state index in [4.69, 9.17) is 9.47 Å². The van der Waals surface area contributed by atoms with Crippen molar-refractivity contribution in [2.45, 2.75) is 31.6 Å². The van der Waals surface area contributed by atoms with E-state index in [1.54, 1.807) is 30.5 Å². The molecule has 1 aromatic carbocycles. The number of benzene rings is 1. The van der Waals surface area contributed by atoms with Crippen LogP contribution < -0.4 is 10.2 Å². The Bertz CT molecular complexity index is 848. The third-order valence-corrected chi connectivity index (χ3v) is 4.52. The van der Waals surface area contributed by atoms with Crippen LogP contribution in [0.3, 0.4) is 0 Å². The molecule has 0 bridgehead atoms. The number of aromatic nitrogens is 1. The van der Waals surface area contributed by atoms with E-state index >= 15 is 0 Å². The number of halogens is 2. The molecule has 7 heteroatoms. The van der Waals surface area contributed by atoms with Crippen LogP contribution in [0, 0.1) is 0 Å². The van der Waals surface area contributed by atoms with E-state index in [1.165, 1.54) is 6.20 Å². The van der Waals surface area contributed by atoms with E-state index in [-0.39, 0.29) is 12.2 Å². The highest BCUT2D eigenvalue weighted by Crippen LogP contribution is 2.38. The van der Waals surface area contributed by atoms with Gasteiger partial charge in [0.1, 0.15) is 5.56 Å². The summed E-state index contributed by atoms with van der Waals surface area (Å²) in [5.41, 5.74) is 0.702. The van der Waals surface area contributed by atoms with Gasteiger partial charge in [0.25, 0.3) is 6.36 Å². The predicted octanol–water partition coefficient (Wildman–Crippen LogP) is 3.32. The predicted molar refractivity (Wildman–Crippen MR) is 87.0 cm³/mol. The van der Waals surface area contributed by atoms with Crippen molar-refractivity contribution in [3.8, 4) is 5.75 Å². The van der Waals surface area contributed by atoms with Gasteiger partial charge in [-0.3, -0.25) is 4.79 Å². The molecule has 0 fully saturated rings. The molecule has 2 unspecified atom stereocenters. The van der Waals surface area contributed by atoms with Gasteiger partial charge >= 0.3 is 5.97 Å². The topological polar surface area (TPSA) is 57.5 Å². The minimum Gasteiger partial charge on any atom is -0.462 e. The van der Waals surface area contributed by atoms with Crippen molar-refractivity contribution in [3.63, 3.8) is 0 Å². The Labute approximate surface area is 140 Å². The molecule has 122 valence electrons. The lowest BCUT2D eigenvalue weighted by atomic mass is 10.0. The van der Waals surface area contributed by atoms with Crippen molar-refractivity contribution in [1.29, 1.82) is 0 Å². The van der Waals surface area contributed by atoms with Crippen molar-refractivity contribution in [1.82, 2.24) is 4.57 Å². The van der Waals surface area contributed by atoms with E-state index in [9.17, 15) is 14.0 Å². The van der Waals surface area contributed by atoms with E-state index < -0.39 is 23.8 Å². The molecule has 0 amide bonds. The summed E-state index contributed by atoms with van der Waals surface area (Å²) in [4.78, 5) is 24.6. The minimum atomic E-state index is -1.57. The summed E-state index contributed by atoms with van der Waals surface area (Å²) >= 11 is 3.33. The van der Waals surface area contributed by atoms with E-state index in [2.05, 4.69) is 15.9 Å². The molecule has 0 spiro atoms. The fraction of sp³-hybridized carbons (Fsp3) is 0.375. The summed E-state index contributed by atoms with van der Waals surface area (Å²) < 4.78 is 26.1. The lowest BCUT2D eigenvalue weighted by Crippen LogP contribution is -2.32. The number of alkyl halides is 2. The molecule has 2 heterocycles. The van der Waals surface area contributed by atoms with Crippen LogP contribution in [0.25, 0.3) is 10.9 Å². The Morgan fingerprint density at radius 2 is 2.22 bits per heavy atom. The fourth-order valence-electron chi connectivity index (χ4n) is 2.71. The van der Waals surface area contributed by atoms with Crippen molar-refractivity contribution in [3.05, 3.63) is 39.7 Å². The van der Waals surface area contributed by atoms with Crippen LogP contribution in [0.1, 0.15) is 35.8 Å². The van der Waals surface area contributed by atoms with Gasteiger partial charge in [0, 0.05) is 17.1 Å². The highest BCUT2D eigenvalue weighted by atomic mass is 79.9. The van der Waals surface area contributed by atoms with Gasteiger partial charge in [0.05, 0.1) is 23.6 Å². The fourth-order valence-corrected chi connectivity index (χ4v) is 3.15. The molecule has 0 N–H and O–H groups in total. The molecule has 1 aromatic heterocycles. The number of hydrogen-bond donors (Lipinski definition) is 0. The van der Waals surface area contributed by atoms with Gasteiger partial charge in [0.2, 0.25) is 5.43 Å². The first-order chi connectivity index (χ1) is 11.0. The second-order valence-electron chi connectivity index (χ2n) is 5.29. The maximum absolute atomic E-state index is 14.2. The molecule has 0 saturated heterocycles. The number of pyridine rings is 1. The SMILES string of the molecule is CCOC(=O)c1cn2c3c(c(CBr)ccc3c1=O)OC(F)C2C. The van der Waals surface area contributed by atoms with Gasteiger partial charge in [-0.25, -0.2) is 4.79 Å². The number of rotatable bonds is 3. The van der Waals surface area contributed by atoms with Gasteiger partial charge < -0.3 is 14.0 Å². The zero-order chi connectivity index (χ0) is 16.7. The molecule has 0 radical (unpaired) electrons. The normalized spacial score (nSPS) is 19.5. The summed E-state index contributed by atoms with van der Waals surface area (Å²) in [6.07, 6.45) is -0.201. The molecular weight excluding hydrogens is 369 g/mol. The van der Waals surface area contributed by atoms with Crippen molar-refractivity contribution in [2.24, 2.45) is 0 Å². The summed E-state index contributed by atoms with van der Waals surface area (Å²) in [5, 5.41) is 0.779. The van der Waals surface area contributed by atoms with E-state index in [0.717, 1.165) is 5.56 Å². The monoisotopic (exact) mass is 383 g/mol. The van der Waals surface area contributed by atoms with Crippen molar-refractivity contribution in [2.75, 3.05) is 6.61 Å². The molecule has 2 aromatic rings. The van der Waals surface area contributed by atoms with Gasteiger partial charge in [-0.05, 0) is 19.9 Å². The van der Waals surface area contributed by atoms with Gasteiger partial charge in [-0.15, -0.1) is 0 Å². The van der Waals surface area contributed by atoms with Gasteiger partial charge in [0.15, 0.2) is 5.75 Å². The van der Waals surface area contributed by atoms with E-state index in [0.29, 0.717) is 22.0 Å². The summed E-state index contributed by atoms with van der Waals surface area (Å²) in [6, 6.07) is 2.66. The van der Waals surface area contributed by atoms with Crippen molar-refractivity contribution >= 4 is 32.8 Å². The molecule has 23 heavy (non-hydrogen) atoms. The summed E-state index contributed by atoms with van der Waals surface area (Å²) in [6.45, 7) is 3.46. The zero-order valence-electron chi connectivity index (χ0n) is 12.6. The third kappa shape index (κ3) is 2.43. The maximum Gasteiger partial charge on any atom is 0.343 e. The Kier molecular flexibility index (Phi) is 4.14. The average Bonchev–Trinajstić information content (AvgIpc) is 2.54. The van der Waals surface area contributed by atoms with Gasteiger partial charge in [-0.1, -0.05) is 22.0 Å². The first-order valence-corrected chi connectivity index (χ1v) is 8.36. The first-order valence-electron chi connectivity index (χ1n) is 7.24. The summed E-state index contributed by atoms with van der Waals surface area (Å²) in [5.74, 6) is -0.374. The largest absolute Gasteiger partial charge is 0.462 e. The Morgan fingerprint density at radius 1 is 1.48 bits per heavy atom. The molecular formula is C16H15BrFNO4. The number of hydrogen-bond acceptors (Lipinski definition) is 4. The molecule has 1 aliphatic rings. The van der Waals surface area contributed by atoms with E-state index in [1.807, 2.05) is 0 Å². The molecule has 3 rings (SSSR count). The van der Waals surface area contributed by atoms with Crippen molar-refractivity contribution < 1.29 is 18.7 Å². The van der Waals surface area contributed by atoms with Crippen LogP contribution in [-0.2, 0) is 10.1 Å². The minimum absolute atomic E-state index is 0.0992. The molecule has 5 nitrogen and oxygen atoms in total. The number of esters is 1. The standard InChI is InChI=1S/C16H15BrFNO4/c1-3-22-16(21)11-7-19-8(2)15(18)23-14-9(6-17)4-5-10(12(14)19)13(11)20/h4-5,7-8,15H,3,6H2,1-2H3. The number of carbonyl (C=O) groups excluding carboxylic acids is 1. The van der Waals surface area contributed by atoms with Crippen LogP contribution in [0.5, 0.6) is 5.75 Å². The Hall–Kier alpha value is -1.89. The average molecular weight is 384 g/mol. The van der Waals surface area contributed by atoms with Crippen LogP contribution >= 0.6 is 15.9 Å². The second kappa shape index (κ2) is 5.96.